The Bertz CT molecular complexity index is 1220. The molecular weight excluding hydrogens is 448 g/mol. The Morgan fingerprint density at radius 3 is 2.69 bits per heavy atom. The summed E-state index contributed by atoms with van der Waals surface area (Å²) in [5, 5.41) is 12.6. The molecule has 4 rings (SSSR count). The molecule has 2 heterocycles. The third kappa shape index (κ3) is 4.98. The van der Waals surface area contributed by atoms with Gasteiger partial charge in [-0.15, -0.1) is 10.2 Å². The van der Waals surface area contributed by atoms with Crippen molar-refractivity contribution in [3.63, 3.8) is 0 Å². The summed E-state index contributed by atoms with van der Waals surface area (Å²) >= 11 is 7.46. The van der Waals surface area contributed by atoms with E-state index in [1.54, 1.807) is 31.6 Å². The second-order valence-electron chi connectivity index (χ2n) is 6.95. The Morgan fingerprint density at radius 1 is 1.19 bits per heavy atom. The van der Waals surface area contributed by atoms with Gasteiger partial charge in [-0.1, -0.05) is 53.7 Å². The monoisotopic (exact) mass is 468 g/mol. The minimum atomic E-state index is -0.175. The molecule has 0 aliphatic heterocycles. The lowest BCUT2D eigenvalue weighted by molar-refractivity contribution is -0.113. The minimum absolute atomic E-state index is 0.168. The van der Waals surface area contributed by atoms with Crippen LogP contribution in [-0.4, -0.2) is 33.5 Å². The molecule has 0 saturated carbocycles. The van der Waals surface area contributed by atoms with E-state index < -0.39 is 0 Å². The van der Waals surface area contributed by atoms with E-state index in [1.165, 1.54) is 11.8 Å². The number of benzene rings is 2. The first kappa shape index (κ1) is 22.0. The molecule has 0 aliphatic rings. The van der Waals surface area contributed by atoms with Gasteiger partial charge < -0.3 is 14.5 Å². The highest BCUT2D eigenvalue weighted by atomic mass is 35.5. The number of anilines is 1. The number of halogens is 1. The Labute approximate surface area is 194 Å². The van der Waals surface area contributed by atoms with Gasteiger partial charge >= 0.3 is 0 Å². The van der Waals surface area contributed by atoms with Crippen LogP contribution in [0.15, 0.2) is 70.4 Å². The van der Waals surface area contributed by atoms with Gasteiger partial charge in [-0.25, -0.2) is 0 Å². The molecule has 9 heteroatoms. The Hall–Kier alpha value is -3.23. The first-order chi connectivity index (χ1) is 15.5. The fraction of sp³-hybridized carbons (Fsp3) is 0.174. The predicted octanol–water partition coefficient (Wildman–Crippen LogP) is 5.29. The molecule has 4 aromatic rings. The van der Waals surface area contributed by atoms with Crippen molar-refractivity contribution in [2.75, 3.05) is 18.2 Å². The van der Waals surface area contributed by atoms with Crippen molar-refractivity contribution in [2.45, 2.75) is 18.6 Å². The zero-order chi connectivity index (χ0) is 22.5. The van der Waals surface area contributed by atoms with Gasteiger partial charge in [0, 0.05) is 5.69 Å². The number of methoxy groups -OCH3 is 1. The highest BCUT2D eigenvalue weighted by molar-refractivity contribution is 7.99. The van der Waals surface area contributed by atoms with Crippen LogP contribution in [0, 0.1) is 6.92 Å². The summed E-state index contributed by atoms with van der Waals surface area (Å²) < 4.78 is 12.6. The summed E-state index contributed by atoms with van der Waals surface area (Å²) in [5.74, 6) is 2.00. The number of furan rings is 1. The second-order valence-corrected chi connectivity index (χ2v) is 8.30. The molecule has 32 heavy (non-hydrogen) atoms. The largest absolute Gasteiger partial charge is 0.495 e. The lowest BCUT2D eigenvalue weighted by Gasteiger charge is -2.11. The Kier molecular flexibility index (Phi) is 6.82. The van der Waals surface area contributed by atoms with Crippen molar-refractivity contribution < 1.29 is 13.9 Å². The van der Waals surface area contributed by atoms with Crippen molar-refractivity contribution in [1.29, 1.82) is 0 Å². The number of nitrogens with one attached hydrogen (secondary N) is 1. The van der Waals surface area contributed by atoms with Crippen LogP contribution in [0.3, 0.4) is 0 Å². The van der Waals surface area contributed by atoms with E-state index in [1.807, 2.05) is 47.9 Å². The van der Waals surface area contributed by atoms with Crippen LogP contribution in [0.2, 0.25) is 5.02 Å². The maximum absolute atomic E-state index is 12.5. The number of ether oxygens (including phenoxy) is 1. The number of hydrogen-bond donors (Lipinski definition) is 1. The molecular formula is C23H21ClN4O3S. The molecule has 0 aliphatic carbocycles. The molecule has 1 amide bonds. The molecule has 2 aromatic heterocycles. The molecule has 0 atom stereocenters. The summed E-state index contributed by atoms with van der Waals surface area (Å²) in [6.07, 6.45) is 1.63. The third-order valence-corrected chi connectivity index (χ3v) is 6.03. The van der Waals surface area contributed by atoms with E-state index in [0.29, 0.717) is 34.0 Å². The van der Waals surface area contributed by atoms with Crippen LogP contribution >= 0.6 is 23.4 Å². The van der Waals surface area contributed by atoms with Crippen LogP contribution in [0.25, 0.3) is 11.4 Å². The van der Waals surface area contributed by atoms with E-state index >= 15 is 0 Å². The number of carbonyl (C=O) groups excluding carboxylic acids is 1. The smallest absolute Gasteiger partial charge is 0.234 e. The maximum atomic E-state index is 12.5. The predicted molar refractivity (Wildman–Crippen MR) is 125 cm³/mol. The number of nitrogens with zero attached hydrogens (tertiary/aromatic N) is 3. The van der Waals surface area contributed by atoms with Gasteiger partial charge in [-0.2, -0.15) is 0 Å². The summed E-state index contributed by atoms with van der Waals surface area (Å²) in [6, 6.07) is 17.0. The summed E-state index contributed by atoms with van der Waals surface area (Å²) in [4.78, 5) is 12.5. The van der Waals surface area contributed by atoms with Gasteiger partial charge in [0.05, 0.1) is 36.3 Å². The van der Waals surface area contributed by atoms with Gasteiger partial charge in [0.1, 0.15) is 11.5 Å². The number of aryl methyl sites for hydroxylation is 1. The van der Waals surface area contributed by atoms with Crippen molar-refractivity contribution >= 4 is 35.0 Å². The van der Waals surface area contributed by atoms with Crippen LogP contribution in [-0.2, 0) is 11.3 Å². The lowest BCUT2D eigenvalue weighted by Crippen LogP contribution is -2.15. The molecule has 0 unspecified atom stereocenters. The zero-order valence-corrected chi connectivity index (χ0v) is 19.1. The molecule has 0 fully saturated rings. The average Bonchev–Trinajstić information content (AvgIpc) is 3.38. The Balaban J connectivity index is 1.51. The number of rotatable bonds is 8. The number of carbonyl (C=O) groups is 1. The lowest BCUT2D eigenvalue weighted by atomic mass is 10.2. The van der Waals surface area contributed by atoms with E-state index in [0.717, 1.165) is 16.9 Å². The van der Waals surface area contributed by atoms with Gasteiger partial charge in [0.15, 0.2) is 11.0 Å². The summed E-state index contributed by atoms with van der Waals surface area (Å²) in [6.45, 7) is 2.46. The van der Waals surface area contributed by atoms with Crippen LogP contribution < -0.4 is 10.1 Å². The topological polar surface area (TPSA) is 82.2 Å². The van der Waals surface area contributed by atoms with Gasteiger partial charge in [-0.05, 0) is 36.8 Å². The number of hydrogen-bond acceptors (Lipinski definition) is 6. The van der Waals surface area contributed by atoms with Crippen LogP contribution in [0.4, 0.5) is 5.69 Å². The van der Waals surface area contributed by atoms with E-state index in [4.69, 9.17) is 20.8 Å². The second kappa shape index (κ2) is 9.93. The maximum Gasteiger partial charge on any atom is 0.234 e. The zero-order valence-electron chi connectivity index (χ0n) is 17.5. The fourth-order valence-electron chi connectivity index (χ4n) is 3.19. The Morgan fingerprint density at radius 2 is 2.00 bits per heavy atom. The van der Waals surface area contributed by atoms with Gasteiger partial charge in [0.25, 0.3) is 0 Å². The molecule has 1 N–H and O–H groups in total. The highest BCUT2D eigenvalue weighted by Gasteiger charge is 2.19. The molecule has 0 spiro atoms. The molecule has 0 saturated heterocycles. The molecule has 0 radical (unpaired) electrons. The van der Waals surface area contributed by atoms with Gasteiger partial charge in [-0.3, -0.25) is 9.36 Å². The normalized spacial score (nSPS) is 10.8. The summed E-state index contributed by atoms with van der Waals surface area (Å²) in [7, 11) is 1.54. The van der Waals surface area contributed by atoms with Crippen molar-refractivity contribution in [3.05, 3.63) is 77.2 Å². The standard InChI is InChI=1S/C23H21ClN4O3S/c1-15-18(10-11-31-15)22-26-27-23(28(22)13-16-6-4-3-5-7-16)32-14-21(29)25-17-8-9-20(30-2)19(24)12-17/h3-12H,13-14H2,1-2H3,(H,25,29). The average molecular weight is 469 g/mol. The van der Waals surface area contributed by atoms with Crippen molar-refractivity contribution in [1.82, 2.24) is 14.8 Å². The number of thioether (sulfide) groups is 1. The van der Waals surface area contributed by atoms with Crippen LogP contribution in [0.1, 0.15) is 11.3 Å². The first-order valence-electron chi connectivity index (χ1n) is 9.83. The van der Waals surface area contributed by atoms with E-state index in [2.05, 4.69) is 15.5 Å². The molecule has 7 nitrogen and oxygen atoms in total. The summed E-state index contributed by atoms with van der Waals surface area (Å²) in [5.41, 5.74) is 2.58. The molecule has 2 aromatic carbocycles. The highest BCUT2D eigenvalue weighted by Crippen LogP contribution is 2.29. The fourth-order valence-corrected chi connectivity index (χ4v) is 4.19. The first-order valence-corrected chi connectivity index (χ1v) is 11.2. The van der Waals surface area contributed by atoms with E-state index in [9.17, 15) is 4.79 Å². The van der Waals surface area contributed by atoms with Crippen LogP contribution in [0.5, 0.6) is 5.75 Å². The van der Waals surface area contributed by atoms with E-state index in [-0.39, 0.29) is 11.7 Å². The number of aromatic nitrogens is 3. The molecule has 0 bridgehead atoms. The van der Waals surface area contributed by atoms with Gasteiger partial charge in [0.2, 0.25) is 5.91 Å². The molecule has 164 valence electrons. The van der Waals surface area contributed by atoms with Crippen molar-refractivity contribution in [3.8, 4) is 17.1 Å². The number of amides is 1. The quantitative estimate of drug-likeness (QED) is 0.354. The minimum Gasteiger partial charge on any atom is -0.495 e. The third-order valence-electron chi connectivity index (χ3n) is 4.77. The SMILES string of the molecule is COc1ccc(NC(=O)CSc2nnc(-c3ccoc3C)n2Cc2ccccc2)cc1Cl. The van der Waals surface area contributed by atoms with Crippen molar-refractivity contribution in [2.24, 2.45) is 0 Å².